The van der Waals surface area contributed by atoms with Crippen LogP contribution in [-0.4, -0.2) is 60.3 Å². The van der Waals surface area contributed by atoms with Crippen LogP contribution in [0.5, 0.6) is 5.75 Å². The fourth-order valence-corrected chi connectivity index (χ4v) is 6.31. The van der Waals surface area contributed by atoms with E-state index in [2.05, 4.69) is 33.2 Å². The third kappa shape index (κ3) is 3.99. The number of amides is 2. The van der Waals surface area contributed by atoms with Gasteiger partial charge in [-0.2, -0.15) is 10.2 Å². The monoisotopic (exact) mass is 515 g/mol. The van der Waals surface area contributed by atoms with Crippen LogP contribution in [0.2, 0.25) is 0 Å². The summed E-state index contributed by atoms with van der Waals surface area (Å²) in [4.78, 5) is 31.4. The van der Waals surface area contributed by atoms with Crippen LogP contribution < -0.4 is 10.1 Å². The lowest BCUT2D eigenvalue weighted by atomic mass is 9.64. The maximum Gasteiger partial charge on any atom is 0.259 e. The number of ether oxygens (including phenoxy) is 1. The summed E-state index contributed by atoms with van der Waals surface area (Å²) in [5.41, 5.74) is 2.70. The minimum atomic E-state index is -0.260. The van der Waals surface area contributed by atoms with Crippen LogP contribution in [0.1, 0.15) is 63.8 Å². The standard InChI is InChI=1S/C28H31N7O3.H2/c1-17-12-28(15-33(16-28)18(2)36)7-6-24(17)35-14-19-10-21(25(11-22(19)32-35)38-20-4-5-20)27(37)31-23-13-30-34-9-3-8-29-26(23)34;/h3,8-11,13-14,17,20,24H,4-7,12,15-16H2,1-2H3,(H,31,37);1H/t17-,24+;/m0./s1. The van der Waals surface area contributed by atoms with Gasteiger partial charge in [-0.1, -0.05) is 6.92 Å². The van der Waals surface area contributed by atoms with E-state index in [-0.39, 0.29) is 30.8 Å². The average Bonchev–Trinajstić information content (AvgIpc) is 3.46. The van der Waals surface area contributed by atoms with Gasteiger partial charge in [0.2, 0.25) is 5.91 Å². The van der Waals surface area contributed by atoms with Crippen molar-refractivity contribution in [1.82, 2.24) is 29.3 Å². The molecule has 2 amide bonds. The number of carbonyl (C=O) groups is 2. The smallest absolute Gasteiger partial charge is 0.259 e. The molecule has 4 heterocycles. The minimum Gasteiger partial charge on any atom is -0.490 e. The zero-order valence-corrected chi connectivity index (χ0v) is 21.6. The molecule has 2 atom stereocenters. The summed E-state index contributed by atoms with van der Waals surface area (Å²) in [7, 11) is 0. The normalized spacial score (nSPS) is 22.5. The lowest BCUT2D eigenvalue weighted by Crippen LogP contribution is -2.60. The highest BCUT2D eigenvalue weighted by molar-refractivity contribution is 6.09. The molecular formula is C28H33N7O3. The fraction of sp³-hybridized carbons (Fsp3) is 0.464. The Balaban J connectivity index is 0.00000277. The molecule has 3 fully saturated rings. The van der Waals surface area contributed by atoms with E-state index in [0.717, 1.165) is 56.1 Å². The molecule has 38 heavy (non-hydrogen) atoms. The van der Waals surface area contributed by atoms with Crippen molar-refractivity contribution in [2.75, 3.05) is 18.4 Å². The van der Waals surface area contributed by atoms with Gasteiger partial charge in [0.1, 0.15) is 11.4 Å². The summed E-state index contributed by atoms with van der Waals surface area (Å²) >= 11 is 0. The molecule has 198 valence electrons. The molecule has 1 aliphatic heterocycles. The zero-order chi connectivity index (χ0) is 26.0. The minimum absolute atomic E-state index is 0. The van der Waals surface area contributed by atoms with Gasteiger partial charge < -0.3 is 15.0 Å². The quantitative estimate of drug-likeness (QED) is 0.424. The number of aromatic nitrogens is 5. The van der Waals surface area contributed by atoms with Gasteiger partial charge in [0.25, 0.3) is 5.91 Å². The lowest BCUT2D eigenvalue weighted by molar-refractivity contribution is -0.145. The van der Waals surface area contributed by atoms with Gasteiger partial charge >= 0.3 is 0 Å². The largest absolute Gasteiger partial charge is 0.490 e. The van der Waals surface area contributed by atoms with Crippen LogP contribution in [0.3, 0.4) is 0 Å². The van der Waals surface area contributed by atoms with Crippen molar-refractivity contribution in [3.05, 3.63) is 48.5 Å². The molecule has 7 rings (SSSR count). The molecule has 1 saturated heterocycles. The van der Waals surface area contributed by atoms with E-state index >= 15 is 0 Å². The van der Waals surface area contributed by atoms with Crippen molar-refractivity contribution < 1.29 is 15.8 Å². The molecule has 1 aromatic carbocycles. The molecule has 4 aromatic rings. The first kappa shape index (κ1) is 23.2. The number of rotatable bonds is 5. The van der Waals surface area contributed by atoms with E-state index < -0.39 is 0 Å². The van der Waals surface area contributed by atoms with Crippen molar-refractivity contribution in [2.24, 2.45) is 11.3 Å². The van der Waals surface area contributed by atoms with Gasteiger partial charge in [0.05, 0.1) is 29.4 Å². The third-order valence-electron chi connectivity index (χ3n) is 8.43. The Bertz CT molecular complexity index is 1570. The van der Waals surface area contributed by atoms with E-state index in [9.17, 15) is 9.59 Å². The fourth-order valence-electron chi connectivity index (χ4n) is 6.31. The number of fused-ring (bicyclic) bond motifs is 2. The number of carbonyl (C=O) groups excluding carboxylic acids is 2. The molecule has 10 nitrogen and oxygen atoms in total. The Morgan fingerprint density at radius 2 is 2.05 bits per heavy atom. The topological polar surface area (TPSA) is 107 Å². The van der Waals surface area contributed by atoms with Crippen molar-refractivity contribution in [2.45, 2.75) is 58.1 Å². The van der Waals surface area contributed by atoms with E-state index in [0.29, 0.717) is 28.6 Å². The molecular weight excluding hydrogens is 482 g/mol. The van der Waals surface area contributed by atoms with Crippen molar-refractivity contribution in [1.29, 1.82) is 0 Å². The number of likely N-dealkylation sites (tertiary alicyclic amines) is 1. The first-order valence-electron chi connectivity index (χ1n) is 13.4. The van der Waals surface area contributed by atoms with E-state index in [4.69, 9.17) is 9.84 Å². The third-order valence-corrected chi connectivity index (χ3v) is 8.43. The second-order valence-corrected chi connectivity index (χ2v) is 11.4. The summed E-state index contributed by atoms with van der Waals surface area (Å²) in [5, 5.41) is 13.1. The molecule has 0 unspecified atom stereocenters. The molecule has 1 N–H and O–H groups in total. The second kappa shape index (κ2) is 8.54. The van der Waals surface area contributed by atoms with Crippen LogP contribution in [0.15, 0.2) is 43.0 Å². The summed E-state index contributed by atoms with van der Waals surface area (Å²) in [6.45, 7) is 5.70. The maximum absolute atomic E-state index is 13.5. The van der Waals surface area contributed by atoms with Crippen LogP contribution in [-0.2, 0) is 4.79 Å². The van der Waals surface area contributed by atoms with Gasteiger partial charge in [-0.25, -0.2) is 9.50 Å². The number of nitrogens with zero attached hydrogens (tertiary/aromatic N) is 6. The Kier molecular flexibility index (Phi) is 5.21. The molecule has 3 aliphatic rings. The Morgan fingerprint density at radius 1 is 1.21 bits per heavy atom. The summed E-state index contributed by atoms with van der Waals surface area (Å²) in [6.07, 6.45) is 12.5. The number of hydrogen-bond donors (Lipinski definition) is 1. The highest BCUT2D eigenvalue weighted by Gasteiger charge is 2.48. The molecule has 2 saturated carbocycles. The first-order valence-corrected chi connectivity index (χ1v) is 13.4. The summed E-state index contributed by atoms with van der Waals surface area (Å²) < 4.78 is 9.88. The molecule has 0 radical (unpaired) electrons. The average molecular weight is 516 g/mol. The number of hydrogen-bond acceptors (Lipinski definition) is 6. The number of benzene rings is 1. The predicted octanol–water partition coefficient (Wildman–Crippen LogP) is 4.33. The Morgan fingerprint density at radius 3 is 2.82 bits per heavy atom. The van der Waals surface area contributed by atoms with Crippen molar-refractivity contribution in [3.8, 4) is 5.75 Å². The maximum atomic E-state index is 13.5. The van der Waals surface area contributed by atoms with Gasteiger partial charge in [-0.05, 0) is 50.2 Å². The second-order valence-electron chi connectivity index (χ2n) is 11.4. The van der Waals surface area contributed by atoms with Gasteiger partial charge in [-0.15, -0.1) is 0 Å². The van der Waals surface area contributed by atoms with Gasteiger partial charge in [-0.3, -0.25) is 14.3 Å². The first-order chi connectivity index (χ1) is 18.4. The van der Waals surface area contributed by atoms with E-state index in [1.54, 1.807) is 36.1 Å². The molecule has 1 spiro atoms. The Labute approximate surface area is 221 Å². The van der Waals surface area contributed by atoms with Gasteiger partial charge in [0.15, 0.2) is 5.65 Å². The van der Waals surface area contributed by atoms with Crippen LogP contribution in [0, 0.1) is 11.3 Å². The predicted molar refractivity (Wildman–Crippen MR) is 143 cm³/mol. The summed E-state index contributed by atoms with van der Waals surface area (Å²) in [5.74, 6) is 0.913. The Hall–Kier alpha value is -3.95. The van der Waals surface area contributed by atoms with Crippen LogP contribution >= 0.6 is 0 Å². The van der Waals surface area contributed by atoms with Crippen LogP contribution in [0.4, 0.5) is 5.69 Å². The molecule has 3 aromatic heterocycles. The van der Waals surface area contributed by atoms with E-state index in [1.807, 2.05) is 17.0 Å². The summed E-state index contributed by atoms with van der Waals surface area (Å²) in [6, 6.07) is 5.86. The lowest BCUT2D eigenvalue weighted by Gasteiger charge is -2.55. The number of nitrogens with one attached hydrogen (secondary N) is 1. The van der Waals surface area contributed by atoms with Crippen LogP contribution in [0.25, 0.3) is 16.6 Å². The van der Waals surface area contributed by atoms with Crippen molar-refractivity contribution in [3.63, 3.8) is 0 Å². The molecule has 10 heteroatoms. The SMILES string of the molecule is CC(=O)N1CC2(CC[C@@H](n3cc4cc(C(=O)Nc5cnn6cccnc56)c(OC5CC5)cc4n3)[C@@H](C)C2)C1.[HH]. The van der Waals surface area contributed by atoms with E-state index in [1.165, 1.54) is 0 Å². The zero-order valence-electron chi connectivity index (χ0n) is 21.6. The number of anilines is 1. The highest BCUT2D eigenvalue weighted by Crippen LogP contribution is 2.49. The highest BCUT2D eigenvalue weighted by atomic mass is 16.5. The molecule has 0 bridgehead atoms. The van der Waals surface area contributed by atoms with Crippen molar-refractivity contribution >= 4 is 34.1 Å². The molecule has 2 aliphatic carbocycles. The van der Waals surface area contributed by atoms with Gasteiger partial charge in [0, 0.05) is 56.9 Å².